The molecule has 0 unspecified atom stereocenters. The average molecular weight is 679 g/mol. The van der Waals surface area contributed by atoms with E-state index in [9.17, 15) is 22.0 Å². The molecule has 1 amide bonds. The van der Waals surface area contributed by atoms with Gasteiger partial charge in [0.25, 0.3) is 10.0 Å². The van der Waals surface area contributed by atoms with E-state index in [0.717, 1.165) is 24.3 Å². The number of rotatable bonds is 12. The fourth-order valence-electron chi connectivity index (χ4n) is 4.06. The van der Waals surface area contributed by atoms with E-state index in [1.54, 1.807) is 6.07 Å². The van der Waals surface area contributed by atoms with Crippen LogP contribution in [0.4, 0.5) is 29.6 Å². The van der Waals surface area contributed by atoms with E-state index in [2.05, 4.69) is 20.6 Å². The highest BCUT2D eigenvalue weighted by molar-refractivity contribution is 7.92. The van der Waals surface area contributed by atoms with Crippen LogP contribution in [0.2, 0.25) is 0 Å². The van der Waals surface area contributed by atoms with E-state index in [1.807, 2.05) is 25.5 Å². The number of thiazole rings is 1. The van der Waals surface area contributed by atoms with Crippen molar-refractivity contribution in [2.75, 3.05) is 36.3 Å². The quantitative estimate of drug-likeness (QED) is 0.145. The van der Waals surface area contributed by atoms with Crippen LogP contribution < -0.4 is 26.8 Å². The van der Waals surface area contributed by atoms with Crippen LogP contribution in [0.5, 0.6) is 0 Å². The Balaban J connectivity index is 1.69. The number of nitrogens with one attached hydrogen (secondary N) is 3. The van der Waals surface area contributed by atoms with Gasteiger partial charge in [-0.15, -0.1) is 11.3 Å². The molecule has 0 aliphatic rings. The number of sulfonamides is 1. The van der Waals surface area contributed by atoms with Gasteiger partial charge < -0.3 is 26.8 Å². The molecule has 2 aromatic heterocycles. The average Bonchev–Trinajstić information content (AvgIpc) is 3.45. The molecule has 7 N–H and O–H groups in total. The second kappa shape index (κ2) is 14.4. The Hall–Kier alpha value is -4.32. The zero-order chi connectivity index (χ0) is 33.6. The molecule has 0 aliphatic carbocycles. The monoisotopic (exact) mass is 678 g/mol. The van der Waals surface area contributed by atoms with Gasteiger partial charge in [0.2, 0.25) is 5.95 Å². The van der Waals surface area contributed by atoms with Crippen molar-refractivity contribution in [3.05, 3.63) is 71.1 Å². The van der Waals surface area contributed by atoms with Gasteiger partial charge in [-0.3, -0.25) is 4.72 Å². The number of carbonyl (C=O) groups excluding carboxylic acids is 1. The van der Waals surface area contributed by atoms with E-state index in [1.165, 1.54) is 29.7 Å². The molecule has 2 heterocycles. The summed E-state index contributed by atoms with van der Waals surface area (Å²) in [5, 5.41) is 6.25. The summed E-state index contributed by atoms with van der Waals surface area (Å²) in [5.41, 5.74) is 10.6. The first kappa shape index (κ1) is 34.6. The molecule has 12 nitrogen and oxygen atoms in total. The highest BCUT2D eigenvalue weighted by Gasteiger charge is 2.29. The summed E-state index contributed by atoms with van der Waals surface area (Å²) in [4.78, 5) is 24.6. The molecule has 17 heteroatoms. The van der Waals surface area contributed by atoms with Crippen molar-refractivity contribution in [1.82, 2.24) is 20.3 Å². The Kier molecular flexibility index (Phi) is 10.8. The number of anilines is 2. The molecule has 1 atom stereocenters. The van der Waals surface area contributed by atoms with Gasteiger partial charge in [-0.2, -0.15) is 0 Å². The van der Waals surface area contributed by atoms with Crippen molar-refractivity contribution in [2.45, 2.75) is 37.1 Å². The molecule has 4 aromatic rings. The van der Waals surface area contributed by atoms with Gasteiger partial charge in [-0.25, -0.2) is 41.3 Å². The SMILES string of the molecule is CC(C)(C)c1nc(-c2cccc(NS(=O)(=O)c3c(F)cccc3F)c2F)c(-c2ccnc(NC[C@H](CN)NC(=O)OCCN)n2)s1. The van der Waals surface area contributed by atoms with Gasteiger partial charge >= 0.3 is 6.09 Å². The van der Waals surface area contributed by atoms with Crippen molar-refractivity contribution >= 4 is 39.1 Å². The molecule has 0 saturated carbocycles. The van der Waals surface area contributed by atoms with Crippen molar-refractivity contribution in [3.63, 3.8) is 0 Å². The smallest absolute Gasteiger partial charge is 0.407 e. The van der Waals surface area contributed by atoms with Gasteiger partial charge in [-0.05, 0) is 30.3 Å². The standard InChI is InChI=1S/C29H33F3N8O4S2/c1-29(2,3)26-39-23(17-6-4-9-20(22(17)32)40-46(42,43)25-18(30)7-5-8-19(25)31)24(45-26)21-10-12-35-27(38-21)36-15-16(14-34)37-28(41)44-13-11-33/h4-10,12,16,40H,11,13-15,33-34H2,1-3H3,(H,37,41)(H,35,36,38)/t16-/m0/s1. The third-order valence-electron chi connectivity index (χ3n) is 6.31. The third kappa shape index (κ3) is 8.09. The minimum absolute atomic E-state index is 0.0505. The molecule has 0 saturated heterocycles. The van der Waals surface area contributed by atoms with E-state index < -0.39 is 55.6 Å². The number of benzene rings is 2. The lowest BCUT2D eigenvalue weighted by Crippen LogP contribution is -2.45. The number of carbonyl (C=O) groups is 1. The first-order chi connectivity index (χ1) is 21.7. The predicted octanol–water partition coefficient (Wildman–Crippen LogP) is 4.21. The predicted molar refractivity (Wildman–Crippen MR) is 169 cm³/mol. The summed E-state index contributed by atoms with van der Waals surface area (Å²) in [7, 11) is -4.85. The molecule has 46 heavy (non-hydrogen) atoms. The van der Waals surface area contributed by atoms with Crippen molar-refractivity contribution in [3.8, 4) is 21.8 Å². The lowest BCUT2D eigenvalue weighted by Gasteiger charge is -2.17. The summed E-state index contributed by atoms with van der Waals surface area (Å²) < 4.78 is 77.3. The summed E-state index contributed by atoms with van der Waals surface area (Å²) in [6.45, 7) is 6.24. The zero-order valence-electron chi connectivity index (χ0n) is 25.1. The number of ether oxygens (including phenoxy) is 1. The summed E-state index contributed by atoms with van der Waals surface area (Å²) in [6, 6.07) is 7.59. The van der Waals surface area contributed by atoms with Crippen LogP contribution in [0.25, 0.3) is 21.8 Å². The highest BCUT2D eigenvalue weighted by atomic mass is 32.2. The van der Waals surface area contributed by atoms with Gasteiger partial charge in [-0.1, -0.05) is 32.9 Å². The number of aromatic nitrogens is 3. The van der Waals surface area contributed by atoms with E-state index in [4.69, 9.17) is 21.2 Å². The highest BCUT2D eigenvalue weighted by Crippen LogP contribution is 2.42. The molecule has 0 aliphatic heterocycles. The molecule has 4 rings (SSSR count). The molecule has 246 valence electrons. The van der Waals surface area contributed by atoms with E-state index >= 15 is 4.39 Å². The van der Waals surface area contributed by atoms with Crippen molar-refractivity contribution in [2.24, 2.45) is 11.5 Å². The first-order valence-electron chi connectivity index (χ1n) is 13.9. The van der Waals surface area contributed by atoms with Crippen LogP contribution in [0.3, 0.4) is 0 Å². The van der Waals surface area contributed by atoms with Gasteiger partial charge in [0.05, 0.1) is 33.0 Å². The maximum atomic E-state index is 16.1. The number of amides is 1. The van der Waals surface area contributed by atoms with Crippen LogP contribution in [-0.4, -0.2) is 61.7 Å². The van der Waals surface area contributed by atoms with Gasteiger partial charge in [0, 0.05) is 36.8 Å². The maximum absolute atomic E-state index is 16.1. The van der Waals surface area contributed by atoms with Crippen molar-refractivity contribution in [1.29, 1.82) is 0 Å². The molecule has 0 radical (unpaired) electrons. The molecular formula is C29H33F3N8O4S2. The number of nitrogens with zero attached hydrogens (tertiary/aromatic N) is 3. The van der Waals surface area contributed by atoms with Gasteiger partial charge in [0.1, 0.15) is 18.2 Å². The zero-order valence-corrected chi connectivity index (χ0v) is 26.7. The van der Waals surface area contributed by atoms with Crippen LogP contribution in [0.1, 0.15) is 25.8 Å². The summed E-state index contributed by atoms with van der Waals surface area (Å²) in [5.74, 6) is -3.48. The summed E-state index contributed by atoms with van der Waals surface area (Å²) >= 11 is 1.26. The topological polar surface area (TPSA) is 187 Å². The number of hydrogen-bond donors (Lipinski definition) is 5. The molecule has 2 aromatic carbocycles. The molecule has 0 fully saturated rings. The van der Waals surface area contributed by atoms with E-state index in [-0.39, 0.29) is 43.4 Å². The van der Waals surface area contributed by atoms with Crippen LogP contribution >= 0.6 is 11.3 Å². The van der Waals surface area contributed by atoms with Crippen LogP contribution in [0.15, 0.2) is 53.6 Å². The normalized spacial score (nSPS) is 12.4. The largest absolute Gasteiger partial charge is 0.448 e. The first-order valence-corrected chi connectivity index (χ1v) is 16.2. The fourth-order valence-corrected chi connectivity index (χ4v) is 6.37. The number of halogens is 3. The van der Waals surface area contributed by atoms with Crippen LogP contribution in [0, 0.1) is 17.5 Å². The minimum atomic E-state index is -4.85. The number of hydrogen-bond acceptors (Lipinski definition) is 11. The van der Waals surface area contributed by atoms with E-state index in [0.29, 0.717) is 15.6 Å². The number of alkyl carbamates (subject to hydrolysis) is 1. The Bertz CT molecular complexity index is 1800. The Labute approximate surface area is 267 Å². The maximum Gasteiger partial charge on any atom is 0.407 e. The molecule has 0 bridgehead atoms. The fraction of sp³-hybridized carbons (Fsp3) is 0.310. The second-order valence-corrected chi connectivity index (χ2v) is 13.5. The Morgan fingerprint density at radius 3 is 2.39 bits per heavy atom. The second-order valence-electron chi connectivity index (χ2n) is 10.9. The lowest BCUT2D eigenvalue weighted by molar-refractivity contribution is 0.146. The molecular weight excluding hydrogens is 645 g/mol. The number of nitrogens with two attached hydrogens (primary N) is 2. The summed E-state index contributed by atoms with van der Waals surface area (Å²) in [6.07, 6.45) is 0.807. The third-order valence-corrected chi connectivity index (χ3v) is 9.23. The lowest BCUT2D eigenvalue weighted by atomic mass is 9.98. The molecule has 0 spiro atoms. The van der Waals surface area contributed by atoms with Gasteiger partial charge in [0.15, 0.2) is 10.7 Å². The Morgan fingerprint density at radius 1 is 1.04 bits per heavy atom. The van der Waals surface area contributed by atoms with Crippen LogP contribution in [-0.2, 0) is 20.2 Å². The Morgan fingerprint density at radius 2 is 1.74 bits per heavy atom. The minimum Gasteiger partial charge on any atom is -0.448 e. The van der Waals surface area contributed by atoms with Crippen molar-refractivity contribution < 1.29 is 31.1 Å².